The number of hydrogen-bond donors (Lipinski definition) is 2. The van der Waals surface area contributed by atoms with Crippen LogP contribution in [0.1, 0.15) is 38.4 Å². The molecule has 0 aliphatic carbocycles. The summed E-state index contributed by atoms with van der Waals surface area (Å²) in [6.45, 7) is 9.61. The fraction of sp³-hybridized carbons (Fsp3) is 0.346. The maximum absolute atomic E-state index is 14.7. The Labute approximate surface area is 199 Å². The molecule has 7 nitrogen and oxygen atoms in total. The molecule has 0 atom stereocenters. The highest BCUT2D eigenvalue weighted by atomic mass is 19.1. The van der Waals surface area contributed by atoms with Crippen LogP contribution in [-0.2, 0) is 0 Å². The fourth-order valence-electron chi connectivity index (χ4n) is 3.99. The normalized spacial score (nSPS) is 15.0. The number of aromatic amines is 1. The predicted molar refractivity (Wildman–Crippen MR) is 136 cm³/mol. The summed E-state index contributed by atoms with van der Waals surface area (Å²) in [4.78, 5) is 11.7. The Hall–Kier alpha value is -3.52. The molecular formula is C26H31FN6O. The van der Waals surface area contributed by atoms with E-state index >= 15 is 0 Å². The number of pyridine rings is 1. The van der Waals surface area contributed by atoms with Gasteiger partial charge < -0.3 is 15.0 Å². The highest BCUT2D eigenvalue weighted by Gasteiger charge is 2.19. The second-order valence-electron chi connectivity index (χ2n) is 8.33. The summed E-state index contributed by atoms with van der Waals surface area (Å²) in [6.07, 6.45) is 4.74. The van der Waals surface area contributed by atoms with Crippen LogP contribution in [0.5, 0.6) is 5.75 Å². The molecular weight excluding hydrogens is 431 g/mol. The fourth-order valence-corrected chi connectivity index (χ4v) is 3.99. The molecule has 0 amide bonds. The second kappa shape index (κ2) is 10.6. The van der Waals surface area contributed by atoms with Crippen LogP contribution < -0.4 is 15.0 Å². The lowest BCUT2D eigenvalue weighted by atomic mass is 10.1. The number of ether oxygens (including phenoxy) is 1. The van der Waals surface area contributed by atoms with Crippen molar-refractivity contribution in [2.45, 2.75) is 27.2 Å². The van der Waals surface area contributed by atoms with Gasteiger partial charge in [-0.1, -0.05) is 18.6 Å². The minimum absolute atomic E-state index is 0.343. The highest BCUT2D eigenvalue weighted by molar-refractivity contribution is 6.04. The number of H-pyrrole nitrogens is 1. The number of nitrogens with one attached hydrogen (secondary N) is 2. The number of anilines is 1. The smallest absolute Gasteiger partial charge is 0.135 e. The number of piperazine rings is 1. The topological polar surface area (TPSA) is 78.4 Å². The van der Waals surface area contributed by atoms with Crippen molar-refractivity contribution in [3.8, 4) is 17.0 Å². The SMILES string of the molecule is CC/C(C)=C/c1[nH]nc(-c2ccnc(N3CCNCC3)c2)c1/N=C(\C)c1c(F)cccc1OC. The van der Waals surface area contributed by atoms with E-state index in [-0.39, 0.29) is 5.82 Å². The number of aromatic nitrogens is 3. The van der Waals surface area contributed by atoms with Crippen LogP contribution in [0.15, 0.2) is 47.1 Å². The number of methoxy groups -OCH3 is 1. The molecule has 34 heavy (non-hydrogen) atoms. The molecule has 8 heteroatoms. The molecule has 0 unspecified atom stereocenters. The van der Waals surface area contributed by atoms with Crippen LogP contribution in [0.3, 0.4) is 0 Å². The van der Waals surface area contributed by atoms with Crippen LogP contribution in [0.2, 0.25) is 0 Å². The largest absolute Gasteiger partial charge is 0.496 e. The Balaban J connectivity index is 1.83. The molecule has 1 aliphatic heterocycles. The van der Waals surface area contributed by atoms with Crippen LogP contribution in [0, 0.1) is 5.82 Å². The van der Waals surface area contributed by atoms with Gasteiger partial charge in [0.1, 0.15) is 28.8 Å². The maximum Gasteiger partial charge on any atom is 0.135 e. The minimum atomic E-state index is -0.377. The lowest BCUT2D eigenvalue weighted by Gasteiger charge is -2.28. The summed E-state index contributed by atoms with van der Waals surface area (Å²) in [6, 6.07) is 8.75. The van der Waals surface area contributed by atoms with E-state index in [4.69, 9.17) is 9.73 Å². The summed E-state index contributed by atoms with van der Waals surface area (Å²) in [5.41, 5.74) is 5.08. The van der Waals surface area contributed by atoms with Crippen molar-refractivity contribution in [3.05, 3.63) is 59.2 Å². The lowest BCUT2D eigenvalue weighted by molar-refractivity contribution is 0.410. The van der Waals surface area contributed by atoms with Crippen molar-refractivity contribution < 1.29 is 9.13 Å². The molecule has 0 spiro atoms. The zero-order chi connectivity index (χ0) is 24.1. The van der Waals surface area contributed by atoms with Crippen molar-refractivity contribution in [3.63, 3.8) is 0 Å². The van der Waals surface area contributed by atoms with Crippen molar-refractivity contribution in [1.29, 1.82) is 0 Å². The molecule has 1 aliphatic rings. The van der Waals surface area contributed by atoms with E-state index in [9.17, 15) is 4.39 Å². The molecule has 1 saturated heterocycles. The third-order valence-electron chi connectivity index (χ3n) is 6.01. The average molecular weight is 463 g/mol. The molecule has 3 aromatic rings. The van der Waals surface area contributed by atoms with E-state index in [1.807, 2.05) is 18.2 Å². The highest BCUT2D eigenvalue weighted by Crippen LogP contribution is 2.35. The molecule has 1 aromatic carbocycles. The summed E-state index contributed by atoms with van der Waals surface area (Å²) in [7, 11) is 1.53. The predicted octanol–water partition coefficient (Wildman–Crippen LogP) is 4.98. The number of halogens is 1. The number of benzene rings is 1. The van der Waals surface area contributed by atoms with Gasteiger partial charge in [0.25, 0.3) is 0 Å². The first-order valence-electron chi connectivity index (χ1n) is 11.6. The molecule has 0 radical (unpaired) electrons. The number of allylic oxidation sites excluding steroid dienone is 1. The first kappa shape index (κ1) is 23.6. The Morgan fingerprint density at radius 3 is 2.76 bits per heavy atom. The van der Waals surface area contributed by atoms with Gasteiger partial charge in [-0.05, 0) is 50.6 Å². The number of hydrogen-bond acceptors (Lipinski definition) is 6. The van der Waals surface area contributed by atoms with Gasteiger partial charge in [-0.15, -0.1) is 0 Å². The van der Waals surface area contributed by atoms with E-state index in [1.54, 1.807) is 25.3 Å². The molecule has 4 rings (SSSR count). The molecule has 3 heterocycles. The molecule has 178 valence electrons. The Kier molecular flexibility index (Phi) is 7.37. The van der Waals surface area contributed by atoms with Crippen molar-refractivity contribution in [2.24, 2.45) is 4.99 Å². The zero-order valence-electron chi connectivity index (χ0n) is 20.2. The van der Waals surface area contributed by atoms with Crippen LogP contribution in [-0.4, -0.2) is 54.2 Å². The second-order valence-corrected chi connectivity index (χ2v) is 8.33. The zero-order valence-corrected chi connectivity index (χ0v) is 20.2. The molecule has 1 fully saturated rings. The van der Waals surface area contributed by atoms with Crippen LogP contribution in [0.25, 0.3) is 17.3 Å². The van der Waals surface area contributed by atoms with Gasteiger partial charge >= 0.3 is 0 Å². The van der Waals surface area contributed by atoms with Gasteiger partial charge in [0.2, 0.25) is 0 Å². The Morgan fingerprint density at radius 2 is 2.03 bits per heavy atom. The summed E-state index contributed by atoms with van der Waals surface area (Å²) >= 11 is 0. The van der Waals surface area contributed by atoms with Crippen LogP contribution >= 0.6 is 0 Å². The summed E-state index contributed by atoms with van der Waals surface area (Å²) < 4.78 is 20.2. The molecule has 0 bridgehead atoms. The Bertz CT molecular complexity index is 1210. The first-order chi connectivity index (χ1) is 16.5. The monoisotopic (exact) mass is 462 g/mol. The number of nitrogens with zero attached hydrogens (tertiary/aromatic N) is 4. The average Bonchev–Trinajstić information content (AvgIpc) is 3.25. The van der Waals surface area contributed by atoms with Gasteiger partial charge in [-0.3, -0.25) is 5.10 Å². The van der Waals surface area contributed by atoms with Crippen molar-refractivity contribution in [1.82, 2.24) is 20.5 Å². The number of aliphatic imine (C=N–C) groups is 1. The van der Waals surface area contributed by atoms with Gasteiger partial charge in [0.05, 0.1) is 24.1 Å². The lowest BCUT2D eigenvalue weighted by Crippen LogP contribution is -2.43. The van der Waals surface area contributed by atoms with E-state index < -0.39 is 0 Å². The van der Waals surface area contributed by atoms with E-state index in [1.165, 1.54) is 18.7 Å². The maximum atomic E-state index is 14.7. The molecule has 2 N–H and O–H groups in total. The quantitative estimate of drug-likeness (QED) is 0.484. The third kappa shape index (κ3) is 5.02. The minimum Gasteiger partial charge on any atom is -0.496 e. The third-order valence-corrected chi connectivity index (χ3v) is 6.01. The van der Waals surface area contributed by atoms with Gasteiger partial charge in [0, 0.05) is 37.9 Å². The van der Waals surface area contributed by atoms with Gasteiger partial charge in [-0.2, -0.15) is 5.10 Å². The van der Waals surface area contributed by atoms with E-state index in [2.05, 4.69) is 39.2 Å². The van der Waals surface area contributed by atoms with E-state index in [0.717, 1.165) is 49.7 Å². The summed E-state index contributed by atoms with van der Waals surface area (Å²) in [5, 5.41) is 11.1. The van der Waals surface area contributed by atoms with Crippen molar-refractivity contribution in [2.75, 3.05) is 38.2 Å². The number of rotatable bonds is 7. The van der Waals surface area contributed by atoms with Gasteiger partial charge in [0.15, 0.2) is 0 Å². The first-order valence-corrected chi connectivity index (χ1v) is 11.6. The van der Waals surface area contributed by atoms with Crippen molar-refractivity contribution >= 4 is 23.3 Å². The standard InChI is InChI=1S/C26H31FN6O/c1-5-17(2)15-21-26(30-18(3)24-20(27)7-6-8-22(24)34-4)25(32-31-21)19-9-10-29-23(16-19)33-13-11-28-12-14-33/h6-10,15-16,28H,5,11-14H2,1-4H3,(H,31,32)/b17-15+,30-18+. The molecule has 2 aromatic heterocycles. The molecule has 0 saturated carbocycles. The Morgan fingerprint density at radius 1 is 1.24 bits per heavy atom. The summed E-state index contributed by atoms with van der Waals surface area (Å²) in [5.74, 6) is 0.974. The van der Waals surface area contributed by atoms with E-state index in [0.29, 0.717) is 28.4 Å². The van der Waals surface area contributed by atoms with Crippen LogP contribution in [0.4, 0.5) is 15.9 Å². The van der Waals surface area contributed by atoms with Gasteiger partial charge in [-0.25, -0.2) is 14.4 Å².